The SMILES string of the molecule is CN(C(=O)c1cn(-c2ccc(C(F)(F)F)cn2)nn1)C1CCNCC1.Cl.Cl. The fraction of sp³-hybridized carbons (Fsp3) is 0.467. The molecule has 150 valence electrons. The molecule has 1 N–H and O–H groups in total. The summed E-state index contributed by atoms with van der Waals surface area (Å²) in [5.41, 5.74) is -0.721. The van der Waals surface area contributed by atoms with Crippen molar-refractivity contribution in [2.24, 2.45) is 0 Å². The van der Waals surface area contributed by atoms with E-state index in [1.54, 1.807) is 11.9 Å². The predicted octanol–water partition coefficient (Wildman–Crippen LogP) is 2.35. The fourth-order valence-electron chi connectivity index (χ4n) is 2.70. The molecule has 0 unspecified atom stereocenters. The van der Waals surface area contributed by atoms with Crippen LogP contribution in [0.1, 0.15) is 28.9 Å². The Bertz CT molecular complexity index is 747. The van der Waals surface area contributed by atoms with Crippen molar-refractivity contribution in [1.29, 1.82) is 0 Å². The molecule has 1 aliphatic heterocycles. The molecule has 7 nitrogen and oxygen atoms in total. The zero-order valence-electron chi connectivity index (χ0n) is 14.3. The Kier molecular flexibility index (Phi) is 8.00. The van der Waals surface area contributed by atoms with Gasteiger partial charge in [0.05, 0.1) is 11.8 Å². The number of aromatic nitrogens is 4. The van der Waals surface area contributed by atoms with Crippen LogP contribution in [0.5, 0.6) is 0 Å². The molecule has 0 spiro atoms. The zero-order valence-corrected chi connectivity index (χ0v) is 15.9. The van der Waals surface area contributed by atoms with Crippen molar-refractivity contribution >= 4 is 30.7 Å². The number of carbonyl (C=O) groups excluding carboxylic acids is 1. The van der Waals surface area contributed by atoms with Crippen molar-refractivity contribution in [2.75, 3.05) is 20.1 Å². The molecule has 12 heteroatoms. The number of nitrogens with one attached hydrogen (secondary N) is 1. The third kappa shape index (κ3) is 5.30. The number of rotatable bonds is 3. The fourth-order valence-corrected chi connectivity index (χ4v) is 2.70. The minimum atomic E-state index is -4.45. The maximum absolute atomic E-state index is 12.6. The average molecular weight is 427 g/mol. The van der Waals surface area contributed by atoms with Crippen LogP contribution < -0.4 is 5.32 Å². The van der Waals surface area contributed by atoms with Gasteiger partial charge in [-0.25, -0.2) is 9.67 Å². The van der Waals surface area contributed by atoms with Gasteiger partial charge in [-0.3, -0.25) is 4.79 Å². The molecule has 1 fully saturated rings. The first-order valence-electron chi connectivity index (χ1n) is 7.80. The monoisotopic (exact) mass is 426 g/mol. The van der Waals surface area contributed by atoms with Gasteiger partial charge in [-0.1, -0.05) is 5.21 Å². The van der Waals surface area contributed by atoms with Gasteiger partial charge in [0.1, 0.15) is 0 Å². The predicted molar refractivity (Wildman–Crippen MR) is 96.6 cm³/mol. The highest BCUT2D eigenvalue weighted by Gasteiger charge is 2.31. The second-order valence-electron chi connectivity index (χ2n) is 5.85. The molecule has 1 saturated heterocycles. The summed E-state index contributed by atoms with van der Waals surface area (Å²) in [6, 6.07) is 2.22. The van der Waals surface area contributed by atoms with Crippen LogP contribution in [0, 0.1) is 0 Å². The van der Waals surface area contributed by atoms with Gasteiger partial charge in [-0.15, -0.1) is 29.9 Å². The van der Waals surface area contributed by atoms with E-state index in [1.165, 1.54) is 16.9 Å². The number of piperidine rings is 1. The van der Waals surface area contributed by atoms with Crippen LogP contribution >= 0.6 is 24.8 Å². The largest absolute Gasteiger partial charge is 0.417 e. The van der Waals surface area contributed by atoms with Crippen molar-refractivity contribution in [3.8, 4) is 5.82 Å². The molecule has 0 saturated carbocycles. The standard InChI is InChI=1S/C15H17F3N6O.2ClH/c1-23(11-4-6-19-7-5-11)14(25)12-9-24(22-21-12)13-3-2-10(8-20-13)15(16,17)18;;/h2-3,8-9,11,19H,4-7H2,1H3;2*1H. The van der Waals surface area contributed by atoms with Crippen molar-refractivity contribution in [2.45, 2.75) is 25.1 Å². The molecule has 0 bridgehead atoms. The van der Waals surface area contributed by atoms with Crippen LogP contribution in [-0.2, 0) is 6.18 Å². The minimum Gasteiger partial charge on any atom is -0.337 e. The van der Waals surface area contributed by atoms with Crippen LogP contribution in [0.15, 0.2) is 24.5 Å². The third-order valence-corrected chi connectivity index (χ3v) is 4.20. The van der Waals surface area contributed by atoms with E-state index in [1.807, 2.05) is 0 Å². The van der Waals surface area contributed by atoms with E-state index in [-0.39, 0.29) is 48.3 Å². The molecule has 0 aliphatic carbocycles. The number of alkyl halides is 3. The number of carbonyl (C=O) groups is 1. The molecular formula is C15H19Cl2F3N6O. The maximum atomic E-state index is 12.6. The van der Waals surface area contributed by atoms with Gasteiger partial charge in [-0.05, 0) is 38.1 Å². The van der Waals surface area contributed by atoms with Crippen LogP contribution in [-0.4, -0.2) is 57.0 Å². The summed E-state index contributed by atoms with van der Waals surface area (Å²) in [5, 5.41) is 10.8. The summed E-state index contributed by atoms with van der Waals surface area (Å²) in [7, 11) is 1.72. The van der Waals surface area contributed by atoms with Gasteiger partial charge in [-0.2, -0.15) is 13.2 Å². The van der Waals surface area contributed by atoms with Crippen molar-refractivity contribution < 1.29 is 18.0 Å². The van der Waals surface area contributed by atoms with Gasteiger partial charge in [0, 0.05) is 19.3 Å². The number of pyridine rings is 1. The van der Waals surface area contributed by atoms with E-state index >= 15 is 0 Å². The molecule has 3 rings (SSSR count). The minimum absolute atomic E-state index is 0. The molecule has 27 heavy (non-hydrogen) atoms. The quantitative estimate of drug-likeness (QED) is 0.814. The molecule has 2 aromatic rings. The van der Waals surface area contributed by atoms with E-state index in [9.17, 15) is 18.0 Å². The Morgan fingerprint density at radius 1 is 1.26 bits per heavy atom. The summed E-state index contributed by atoms with van der Waals surface area (Å²) >= 11 is 0. The first-order valence-corrected chi connectivity index (χ1v) is 7.80. The number of nitrogens with zero attached hydrogens (tertiary/aromatic N) is 5. The average Bonchev–Trinajstić information content (AvgIpc) is 3.10. The Balaban J connectivity index is 0.00000182. The van der Waals surface area contributed by atoms with Crippen LogP contribution in [0.25, 0.3) is 5.82 Å². The normalized spacial score (nSPS) is 14.8. The van der Waals surface area contributed by atoms with Gasteiger partial charge >= 0.3 is 6.18 Å². The van der Waals surface area contributed by atoms with Crippen molar-refractivity contribution in [3.63, 3.8) is 0 Å². The molecular weight excluding hydrogens is 408 g/mol. The maximum Gasteiger partial charge on any atom is 0.417 e. The summed E-state index contributed by atoms with van der Waals surface area (Å²) < 4.78 is 38.9. The number of amides is 1. The summed E-state index contributed by atoms with van der Waals surface area (Å²) in [5.74, 6) is -0.117. The van der Waals surface area contributed by atoms with Gasteiger partial charge in [0.2, 0.25) is 0 Å². The molecule has 1 aliphatic rings. The zero-order chi connectivity index (χ0) is 18.0. The van der Waals surface area contributed by atoms with E-state index in [0.29, 0.717) is 0 Å². The Hall–Kier alpha value is -1.91. The van der Waals surface area contributed by atoms with Gasteiger partial charge < -0.3 is 10.2 Å². The second kappa shape index (κ2) is 9.34. The van der Waals surface area contributed by atoms with Crippen LogP contribution in [0.4, 0.5) is 13.2 Å². The molecule has 0 aromatic carbocycles. The molecule has 1 amide bonds. The first kappa shape index (κ1) is 23.1. The molecule has 0 radical (unpaired) electrons. The Morgan fingerprint density at radius 2 is 1.93 bits per heavy atom. The third-order valence-electron chi connectivity index (χ3n) is 4.20. The van der Waals surface area contributed by atoms with E-state index in [0.717, 1.165) is 38.2 Å². The number of hydrogen-bond donors (Lipinski definition) is 1. The first-order chi connectivity index (χ1) is 11.9. The molecule has 0 atom stereocenters. The van der Waals surface area contributed by atoms with E-state index in [2.05, 4.69) is 20.6 Å². The lowest BCUT2D eigenvalue weighted by Crippen LogP contribution is -2.44. The summed E-state index contributed by atoms with van der Waals surface area (Å²) in [6.07, 6.45) is -0.643. The van der Waals surface area contributed by atoms with E-state index < -0.39 is 11.7 Å². The van der Waals surface area contributed by atoms with Gasteiger partial charge in [0.25, 0.3) is 5.91 Å². The number of hydrogen-bond acceptors (Lipinski definition) is 5. The summed E-state index contributed by atoms with van der Waals surface area (Å²) in [6.45, 7) is 1.70. The Labute approximate surface area is 166 Å². The smallest absolute Gasteiger partial charge is 0.337 e. The van der Waals surface area contributed by atoms with Gasteiger partial charge in [0.15, 0.2) is 11.5 Å². The molecule has 2 aromatic heterocycles. The van der Waals surface area contributed by atoms with Crippen LogP contribution in [0.3, 0.4) is 0 Å². The highest BCUT2D eigenvalue weighted by Crippen LogP contribution is 2.28. The lowest BCUT2D eigenvalue weighted by molar-refractivity contribution is -0.137. The lowest BCUT2D eigenvalue weighted by atomic mass is 10.1. The number of halogens is 5. The topological polar surface area (TPSA) is 75.9 Å². The van der Waals surface area contributed by atoms with Crippen molar-refractivity contribution in [3.05, 3.63) is 35.8 Å². The van der Waals surface area contributed by atoms with Crippen LogP contribution in [0.2, 0.25) is 0 Å². The lowest BCUT2D eigenvalue weighted by Gasteiger charge is -2.31. The highest BCUT2D eigenvalue weighted by atomic mass is 35.5. The van der Waals surface area contributed by atoms with Crippen molar-refractivity contribution in [1.82, 2.24) is 30.2 Å². The highest BCUT2D eigenvalue weighted by molar-refractivity contribution is 5.92. The van der Waals surface area contributed by atoms with E-state index in [4.69, 9.17) is 0 Å². The second-order valence-corrected chi connectivity index (χ2v) is 5.85. The molecule has 3 heterocycles. The Morgan fingerprint density at radius 3 is 2.48 bits per heavy atom. The summed E-state index contributed by atoms with van der Waals surface area (Å²) in [4.78, 5) is 17.9.